The summed E-state index contributed by atoms with van der Waals surface area (Å²) in [4.78, 5) is 29.4. The number of hydrogen-bond acceptors (Lipinski definition) is 2. The van der Waals surface area contributed by atoms with Crippen LogP contribution in [0.5, 0.6) is 0 Å². The second-order valence-corrected chi connectivity index (χ2v) is 7.69. The fourth-order valence-electron chi connectivity index (χ4n) is 4.58. The molecule has 28 heavy (non-hydrogen) atoms. The van der Waals surface area contributed by atoms with Crippen molar-refractivity contribution >= 4 is 0 Å². The van der Waals surface area contributed by atoms with Gasteiger partial charge >= 0.3 is 5.69 Å². The van der Waals surface area contributed by atoms with Gasteiger partial charge in [0.1, 0.15) is 0 Å². The van der Waals surface area contributed by atoms with E-state index >= 15 is 0 Å². The number of aryl methyl sites for hydroxylation is 1. The van der Waals surface area contributed by atoms with Crippen molar-refractivity contribution in [1.29, 1.82) is 0 Å². The maximum absolute atomic E-state index is 13.5. The first-order valence-electron chi connectivity index (χ1n) is 10.1. The zero-order valence-corrected chi connectivity index (χ0v) is 16.5. The quantitative estimate of drug-likeness (QED) is 0.732. The molecule has 3 aromatic rings. The Morgan fingerprint density at radius 3 is 2.36 bits per heavy atom. The summed E-state index contributed by atoms with van der Waals surface area (Å²) < 4.78 is 1.39. The SMILES string of the molecule is CCC1(CC)Cc2ccccc2-c2[nH]c(=O)n(CCc3ccccc3)c(=O)c21. The summed E-state index contributed by atoms with van der Waals surface area (Å²) in [5.74, 6) is 0. The minimum atomic E-state index is -0.322. The molecule has 2 aromatic carbocycles. The minimum absolute atomic E-state index is 0.132. The van der Waals surface area contributed by atoms with Crippen LogP contribution in [0.15, 0.2) is 64.2 Å². The van der Waals surface area contributed by atoms with E-state index in [1.54, 1.807) is 0 Å². The average molecular weight is 374 g/mol. The molecule has 1 aromatic heterocycles. The van der Waals surface area contributed by atoms with E-state index in [1.165, 1.54) is 10.1 Å². The van der Waals surface area contributed by atoms with Gasteiger partial charge in [-0.3, -0.25) is 9.36 Å². The summed E-state index contributed by atoms with van der Waals surface area (Å²) in [6.45, 7) is 4.66. The van der Waals surface area contributed by atoms with Crippen molar-refractivity contribution in [3.63, 3.8) is 0 Å². The summed E-state index contributed by atoms with van der Waals surface area (Å²) in [5.41, 5.74) is 4.12. The van der Waals surface area contributed by atoms with Gasteiger partial charge in [-0.15, -0.1) is 0 Å². The lowest BCUT2D eigenvalue weighted by Gasteiger charge is -2.38. The van der Waals surface area contributed by atoms with E-state index in [0.717, 1.165) is 41.6 Å². The molecule has 1 aliphatic carbocycles. The predicted octanol–water partition coefficient (Wildman–Crippen LogP) is 4.06. The summed E-state index contributed by atoms with van der Waals surface area (Å²) in [7, 11) is 0. The van der Waals surface area contributed by atoms with Gasteiger partial charge in [0.15, 0.2) is 0 Å². The van der Waals surface area contributed by atoms with Crippen LogP contribution in [0.2, 0.25) is 0 Å². The van der Waals surface area contributed by atoms with Crippen LogP contribution in [0.3, 0.4) is 0 Å². The highest BCUT2D eigenvalue weighted by Crippen LogP contribution is 2.43. The molecule has 0 aliphatic heterocycles. The number of H-pyrrole nitrogens is 1. The van der Waals surface area contributed by atoms with Crippen LogP contribution >= 0.6 is 0 Å². The van der Waals surface area contributed by atoms with Crippen LogP contribution in [0, 0.1) is 0 Å². The molecule has 4 nitrogen and oxygen atoms in total. The van der Waals surface area contributed by atoms with Crippen molar-refractivity contribution in [2.45, 2.75) is 51.5 Å². The number of aromatic amines is 1. The van der Waals surface area contributed by atoms with Crippen molar-refractivity contribution in [2.24, 2.45) is 0 Å². The first kappa shape index (κ1) is 18.5. The number of aromatic nitrogens is 2. The Balaban J connectivity index is 1.88. The molecule has 0 bridgehead atoms. The van der Waals surface area contributed by atoms with Gasteiger partial charge in [-0.25, -0.2) is 4.79 Å². The van der Waals surface area contributed by atoms with Crippen molar-refractivity contribution in [3.8, 4) is 11.3 Å². The molecule has 0 amide bonds. The van der Waals surface area contributed by atoms with Gasteiger partial charge in [0.2, 0.25) is 0 Å². The Kier molecular flexibility index (Phi) is 4.80. The third kappa shape index (κ3) is 2.93. The van der Waals surface area contributed by atoms with Crippen LogP contribution < -0.4 is 11.2 Å². The summed E-state index contributed by atoms with van der Waals surface area (Å²) in [6, 6.07) is 18.1. The van der Waals surface area contributed by atoms with E-state index in [2.05, 4.69) is 24.9 Å². The van der Waals surface area contributed by atoms with Crippen LogP contribution in [-0.2, 0) is 24.8 Å². The van der Waals surface area contributed by atoms with Crippen molar-refractivity contribution in [3.05, 3.63) is 92.1 Å². The van der Waals surface area contributed by atoms with Gasteiger partial charge in [-0.2, -0.15) is 0 Å². The minimum Gasteiger partial charge on any atom is -0.306 e. The first-order valence-corrected chi connectivity index (χ1v) is 10.1. The van der Waals surface area contributed by atoms with Crippen molar-refractivity contribution in [2.75, 3.05) is 0 Å². The Hall–Kier alpha value is -2.88. The van der Waals surface area contributed by atoms with Gasteiger partial charge in [0.25, 0.3) is 5.56 Å². The lowest BCUT2D eigenvalue weighted by atomic mass is 9.66. The Bertz CT molecular complexity index is 1110. The fraction of sp³-hybridized carbons (Fsp3) is 0.333. The highest BCUT2D eigenvalue weighted by Gasteiger charge is 2.39. The molecule has 4 heteroatoms. The van der Waals surface area contributed by atoms with Crippen molar-refractivity contribution < 1.29 is 0 Å². The monoisotopic (exact) mass is 374 g/mol. The van der Waals surface area contributed by atoms with Gasteiger partial charge < -0.3 is 4.98 Å². The Labute approximate surface area is 164 Å². The van der Waals surface area contributed by atoms with E-state index in [4.69, 9.17) is 0 Å². The maximum Gasteiger partial charge on any atom is 0.328 e. The first-order chi connectivity index (χ1) is 13.6. The molecular weight excluding hydrogens is 348 g/mol. The smallest absolute Gasteiger partial charge is 0.306 e. The molecule has 0 saturated carbocycles. The molecular formula is C24H26N2O2. The Morgan fingerprint density at radius 1 is 0.964 bits per heavy atom. The largest absolute Gasteiger partial charge is 0.328 e. The molecule has 0 atom stereocenters. The molecule has 144 valence electrons. The van der Waals surface area contributed by atoms with Crippen LogP contribution in [0.1, 0.15) is 43.4 Å². The van der Waals surface area contributed by atoms with E-state index < -0.39 is 0 Å². The van der Waals surface area contributed by atoms with Crippen LogP contribution in [0.25, 0.3) is 11.3 Å². The van der Waals surface area contributed by atoms with Gasteiger partial charge in [-0.05, 0) is 36.8 Å². The number of rotatable bonds is 5. The topological polar surface area (TPSA) is 54.9 Å². The number of fused-ring (bicyclic) bond motifs is 3. The molecule has 0 saturated heterocycles. The van der Waals surface area contributed by atoms with Crippen LogP contribution in [0.4, 0.5) is 0 Å². The summed E-state index contributed by atoms with van der Waals surface area (Å²) in [6.07, 6.45) is 3.23. The molecule has 1 heterocycles. The molecule has 1 N–H and O–H groups in total. The van der Waals surface area contributed by atoms with E-state index in [9.17, 15) is 9.59 Å². The van der Waals surface area contributed by atoms with E-state index in [-0.39, 0.29) is 16.7 Å². The number of hydrogen-bond donors (Lipinski definition) is 1. The fourth-order valence-corrected chi connectivity index (χ4v) is 4.58. The van der Waals surface area contributed by atoms with Gasteiger partial charge in [0.05, 0.1) is 5.69 Å². The normalized spacial score (nSPS) is 14.4. The van der Waals surface area contributed by atoms with Gasteiger partial charge in [-0.1, -0.05) is 68.4 Å². The number of benzene rings is 2. The highest BCUT2D eigenvalue weighted by molar-refractivity contribution is 5.71. The summed E-state index contributed by atoms with van der Waals surface area (Å²) in [5, 5.41) is 0. The highest BCUT2D eigenvalue weighted by atomic mass is 16.2. The molecule has 0 spiro atoms. The lowest BCUT2D eigenvalue weighted by Crippen LogP contribution is -2.46. The molecule has 0 fully saturated rings. The zero-order chi connectivity index (χ0) is 19.7. The second kappa shape index (κ2) is 7.27. The average Bonchev–Trinajstić information content (AvgIpc) is 2.73. The Morgan fingerprint density at radius 2 is 1.64 bits per heavy atom. The van der Waals surface area contributed by atoms with Gasteiger partial charge in [0, 0.05) is 23.1 Å². The van der Waals surface area contributed by atoms with Crippen molar-refractivity contribution in [1.82, 2.24) is 9.55 Å². The second-order valence-electron chi connectivity index (χ2n) is 7.69. The number of nitrogens with zero attached hydrogens (tertiary/aromatic N) is 1. The number of nitrogens with one attached hydrogen (secondary N) is 1. The maximum atomic E-state index is 13.5. The third-order valence-corrected chi connectivity index (χ3v) is 6.35. The predicted molar refractivity (Wildman–Crippen MR) is 113 cm³/mol. The lowest BCUT2D eigenvalue weighted by molar-refractivity contribution is 0.378. The van der Waals surface area contributed by atoms with Crippen LogP contribution in [-0.4, -0.2) is 9.55 Å². The molecule has 0 unspecified atom stereocenters. The zero-order valence-electron chi connectivity index (χ0n) is 16.5. The third-order valence-electron chi connectivity index (χ3n) is 6.35. The van der Waals surface area contributed by atoms with E-state index in [1.807, 2.05) is 48.5 Å². The standard InChI is InChI=1S/C24H26N2O2/c1-3-24(4-2)16-18-12-8-9-13-19(18)21-20(24)22(27)26(23(28)25-21)15-14-17-10-6-5-7-11-17/h5-13H,3-4,14-16H2,1-2H3,(H,25,28). The van der Waals surface area contributed by atoms with E-state index in [0.29, 0.717) is 13.0 Å². The molecule has 0 radical (unpaired) electrons. The molecule has 1 aliphatic rings. The molecule has 4 rings (SSSR count). The summed E-state index contributed by atoms with van der Waals surface area (Å²) >= 11 is 0.